The van der Waals surface area contributed by atoms with E-state index in [1.165, 1.54) is 154 Å². The molecule has 1 amide bonds. The van der Waals surface area contributed by atoms with Gasteiger partial charge in [-0.2, -0.15) is 0 Å². The van der Waals surface area contributed by atoms with Crippen LogP contribution in [0.3, 0.4) is 0 Å². The Morgan fingerprint density at radius 3 is 1.14 bits per heavy atom. The van der Waals surface area contributed by atoms with Gasteiger partial charge in [0.1, 0.15) is 13.2 Å². The molecule has 1 unspecified atom stereocenters. The average Bonchev–Trinajstić information content (AvgIpc) is 3.11. The second kappa shape index (κ2) is 39.9. The van der Waals surface area contributed by atoms with Crippen LogP contribution >= 0.6 is 0 Å². The number of esters is 2. The van der Waals surface area contributed by atoms with E-state index in [2.05, 4.69) is 19.2 Å². The van der Waals surface area contributed by atoms with Gasteiger partial charge in [-0.05, 0) is 12.8 Å². The second-order valence-electron chi connectivity index (χ2n) is 14.5. The summed E-state index contributed by atoms with van der Waals surface area (Å²) in [5, 5.41) is 2.53. The number of unbranched alkanes of at least 4 members (excludes halogenated alkanes) is 28. The van der Waals surface area contributed by atoms with Crippen LogP contribution in [0.5, 0.6) is 0 Å². The number of carbonyl (C=O) groups is 3. The summed E-state index contributed by atoms with van der Waals surface area (Å²) in [4.78, 5) is 36.8. The van der Waals surface area contributed by atoms with Gasteiger partial charge in [-0.1, -0.05) is 194 Å². The zero-order valence-corrected chi connectivity index (χ0v) is 33.1. The topological polar surface area (TPSA) is 117 Å². The minimum absolute atomic E-state index is 0.119. The second-order valence-corrected chi connectivity index (χ2v) is 14.5. The van der Waals surface area contributed by atoms with Crippen LogP contribution in [0.4, 0.5) is 4.79 Å². The van der Waals surface area contributed by atoms with Crippen molar-refractivity contribution in [2.24, 2.45) is 5.73 Å². The number of rotatable bonds is 39. The van der Waals surface area contributed by atoms with Gasteiger partial charge in [0.2, 0.25) is 0 Å². The van der Waals surface area contributed by atoms with Crippen molar-refractivity contribution in [2.45, 2.75) is 225 Å². The number of amides is 1. The Morgan fingerprint density at radius 2 is 0.780 bits per heavy atom. The molecule has 0 aromatic rings. The summed E-state index contributed by atoms with van der Waals surface area (Å²) in [6.45, 7) is 4.82. The Balaban J connectivity index is 4.01. The van der Waals surface area contributed by atoms with E-state index in [0.717, 1.165) is 38.5 Å². The van der Waals surface area contributed by atoms with Crippen molar-refractivity contribution in [1.29, 1.82) is 0 Å². The third-order valence-electron chi connectivity index (χ3n) is 9.51. The molecule has 0 aromatic carbocycles. The van der Waals surface area contributed by atoms with Gasteiger partial charge in [0.15, 0.2) is 6.10 Å². The largest absolute Gasteiger partial charge is 0.462 e. The van der Waals surface area contributed by atoms with Crippen LogP contribution in [0.25, 0.3) is 0 Å². The highest BCUT2D eigenvalue weighted by Gasteiger charge is 2.19. The highest BCUT2D eigenvalue weighted by Crippen LogP contribution is 2.16. The van der Waals surface area contributed by atoms with Gasteiger partial charge in [-0.25, -0.2) is 4.79 Å². The standard InChI is InChI=1S/C42H82N2O6/c1-3-5-7-9-11-13-15-17-19-21-23-25-27-29-31-33-40(45)48-37-39(38-49-42(47)44-36-35-43)50-41(46)34-32-30-28-26-24-22-20-18-16-14-12-10-8-6-4-2/h39H,3-38,43H2,1-2H3,(H,44,47). The van der Waals surface area contributed by atoms with E-state index in [1.54, 1.807) is 0 Å². The molecule has 296 valence electrons. The molecule has 0 heterocycles. The molecule has 0 radical (unpaired) electrons. The molecule has 1 atom stereocenters. The molecule has 0 spiro atoms. The van der Waals surface area contributed by atoms with Crippen LogP contribution in [0.1, 0.15) is 219 Å². The van der Waals surface area contributed by atoms with Gasteiger partial charge >= 0.3 is 18.0 Å². The third kappa shape index (κ3) is 37.4. The van der Waals surface area contributed by atoms with Crippen molar-refractivity contribution < 1.29 is 28.6 Å². The van der Waals surface area contributed by atoms with Crippen molar-refractivity contribution in [3.63, 3.8) is 0 Å². The molecule has 8 heteroatoms. The summed E-state index contributed by atoms with van der Waals surface area (Å²) >= 11 is 0. The monoisotopic (exact) mass is 711 g/mol. The summed E-state index contributed by atoms with van der Waals surface area (Å²) in [5.74, 6) is -0.662. The van der Waals surface area contributed by atoms with Gasteiger partial charge in [-0.3, -0.25) is 9.59 Å². The molecule has 50 heavy (non-hydrogen) atoms. The lowest BCUT2D eigenvalue weighted by molar-refractivity contribution is -0.161. The molecule has 0 saturated carbocycles. The van der Waals surface area contributed by atoms with Crippen LogP contribution < -0.4 is 11.1 Å². The van der Waals surface area contributed by atoms with Crippen LogP contribution in [0.2, 0.25) is 0 Å². The SMILES string of the molecule is CCCCCCCCCCCCCCCCCC(=O)OCC(COC(=O)NCCN)OC(=O)CCCCCCCCCCCCCCCCC. The van der Waals surface area contributed by atoms with Gasteiger partial charge in [0, 0.05) is 25.9 Å². The molecule has 0 bridgehead atoms. The van der Waals surface area contributed by atoms with Crippen molar-refractivity contribution in [3.05, 3.63) is 0 Å². The Labute approximate surface area is 308 Å². The molecule has 3 N–H and O–H groups in total. The first-order valence-corrected chi connectivity index (χ1v) is 21.5. The third-order valence-corrected chi connectivity index (χ3v) is 9.51. The molecule has 0 saturated heterocycles. The summed E-state index contributed by atoms with van der Waals surface area (Å²) in [6.07, 6.45) is 37.2. The Kier molecular flexibility index (Phi) is 38.5. The zero-order valence-electron chi connectivity index (χ0n) is 33.1. The Morgan fingerprint density at radius 1 is 0.460 bits per heavy atom. The quantitative estimate of drug-likeness (QED) is 0.0370. The molecule has 0 aromatic heterocycles. The highest BCUT2D eigenvalue weighted by atomic mass is 16.6. The number of alkyl carbamates (subject to hydrolysis) is 1. The maximum atomic E-state index is 12.5. The molecular formula is C42H82N2O6. The lowest BCUT2D eigenvalue weighted by Gasteiger charge is -2.18. The van der Waals surface area contributed by atoms with E-state index in [-0.39, 0.29) is 31.7 Å². The molecule has 8 nitrogen and oxygen atoms in total. The lowest BCUT2D eigenvalue weighted by Crippen LogP contribution is -2.35. The first kappa shape index (κ1) is 48.2. The molecule has 0 fully saturated rings. The predicted molar refractivity (Wildman–Crippen MR) is 208 cm³/mol. The van der Waals surface area contributed by atoms with Crippen LogP contribution in [0, 0.1) is 0 Å². The first-order valence-electron chi connectivity index (χ1n) is 21.5. The molecule has 0 aliphatic heterocycles. The predicted octanol–water partition coefficient (Wildman–Crippen LogP) is 11.6. The number of hydrogen-bond donors (Lipinski definition) is 2. The van der Waals surface area contributed by atoms with Gasteiger partial charge < -0.3 is 25.3 Å². The number of nitrogens with two attached hydrogens (primary N) is 1. The van der Waals surface area contributed by atoms with E-state index in [0.29, 0.717) is 19.4 Å². The Bertz CT molecular complexity index is 750. The molecule has 0 aliphatic carbocycles. The molecular weight excluding hydrogens is 628 g/mol. The fourth-order valence-electron chi connectivity index (χ4n) is 6.29. The summed E-state index contributed by atoms with van der Waals surface area (Å²) in [6, 6.07) is 0. The van der Waals surface area contributed by atoms with Crippen molar-refractivity contribution in [3.8, 4) is 0 Å². The number of carbonyl (C=O) groups excluding carboxylic acids is 3. The van der Waals surface area contributed by atoms with Crippen molar-refractivity contribution in [1.82, 2.24) is 5.32 Å². The van der Waals surface area contributed by atoms with Gasteiger partial charge in [0.25, 0.3) is 0 Å². The van der Waals surface area contributed by atoms with Crippen LogP contribution in [0.15, 0.2) is 0 Å². The minimum atomic E-state index is -0.826. The fraction of sp³-hybridized carbons (Fsp3) is 0.929. The first-order chi connectivity index (χ1) is 24.5. The Hall–Kier alpha value is -1.83. The van der Waals surface area contributed by atoms with Crippen molar-refractivity contribution in [2.75, 3.05) is 26.3 Å². The highest BCUT2D eigenvalue weighted by molar-refractivity contribution is 5.70. The van der Waals surface area contributed by atoms with Crippen molar-refractivity contribution >= 4 is 18.0 Å². The van der Waals surface area contributed by atoms with E-state index >= 15 is 0 Å². The number of ether oxygens (including phenoxy) is 3. The lowest BCUT2D eigenvalue weighted by atomic mass is 10.0. The summed E-state index contributed by atoms with van der Waals surface area (Å²) in [7, 11) is 0. The van der Waals surface area contributed by atoms with Crippen LogP contribution in [-0.4, -0.2) is 50.4 Å². The van der Waals surface area contributed by atoms with Gasteiger partial charge in [-0.15, -0.1) is 0 Å². The van der Waals surface area contributed by atoms with Gasteiger partial charge in [0.05, 0.1) is 0 Å². The maximum Gasteiger partial charge on any atom is 0.407 e. The van der Waals surface area contributed by atoms with E-state index in [9.17, 15) is 14.4 Å². The van der Waals surface area contributed by atoms with E-state index in [4.69, 9.17) is 19.9 Å². The molecule has 0 rings (SSSR count). The normalized spacial score (nSPS) is 11.7. The average molecular weight is 711 g/mol. The summed E-state index contributed by atoms with van der Waals surface area (Å²) < 4.78 is 16.2. The minimum Gasteiger partial charge on any atom is -0.462 e. The summed E-state index contributed by atoms with van der Waals surface area (Å²) in [5.41, 5.74) is 5.43. The van der Waals surface area contributed by atoms with Crippen LogP contribution in [-0.2, 0) is 23.8 Å². The smallest absolute Gasteiger partial charge is 0.407 e. The molecule has 0 aliphatic rings. The van der Waals surface area contributed by atoms with E-state index in [1.807, 2.05) is 0 Å². The number of hydrogen-bond acceptors (Lipinski definition) is 7. The van der Waals surface area contributed by atoms with E-state index < -0.39 is 12.2 Å². The fourth-order valence-corrected chi connectivity index (χ4v) is 6.29. The number of nitrogens with one attached hydrogen (secondary N) is 1. The zero-order chi connectivity index (χ0) is 36.6. The maximum absolute atomic E-state index is 12.5.